The minimum Gasteiger partial charge on any atom is -0.490 e. The van der Waals surface area contributed by atoms with Gasteiger partial charge >= 0.3 is 5.97 Å². The van der Waals surface area contributed by atoms with E-state index in [4.69, 9.17) is 21.7 Å². The van der Waals surface area contributed by atoms with Crippen LogP contribution in [0.5, 0.6) is 11.5 Å². The molecule has 1 aliphatic heterocycles. The van der Waals surface area contributed by atoms with E-state index in [2.05, 4.69) is 27.3 Å². The average molecular weight is 573 g/mol. The summed E-state index contributed by atoms with van der Waals surface area (Å²) in [4.78, 5) is 26.0. The lowest BCUT2D eigenvalue weighted by Gasteiger charge is -2.15. The summed E-state index contributed by atoms with van der Waals surface area (Å²) in [5.74, 6) is -0.445. The molecule has 0 unspecified atom stereocenters. The molecular weight excluding hydrogens is 556 g/mol. The maximum Gasteiger partial charge on any atom is 0.343 e. The van der Waals surface area contributed by atoms with Crippen molar-refractivity contribution in [2.45, 2.75) is 6.92 Å². The molecule has 1 saturated heterocycles. The van der Waals surface area contributed by atoms with Crippen LogP contribution in [0.4, 0.5) is 10.1 Å². The van der Waals surface area contributed by atoms with Gasteiger partial charge in [0.15, 0.2) is 22.4 Å². The zero-order chi connectivity index (χ0) is 22.5. The molecule has 162 valence electrons. The number of hydrogen-bond acceptors (Lipinski definition) is 7. The highest BCUT2D eigenvalue weighted by Gasteiger charge is 2.33. The Morgan fingerprint density at radius 3 is 2.74 bits per heavy atom. The molecule has 1 amide bonds. The van der Waals surface area contributed by atoms with Crippen molar-refractivity contribution < 1.29 is 28.2 Å². The topological polar surface area (TPSA) is 65.1 Å². The van der Waals surface area contributed by atoms with E-state index >= 15 is 0 Å². The number of methoxy groups -OCH3 is 1. The molecule has 0 bridgehead atoms. The quantitative estimate of drug-likeness (QED) is 0.204. The maximum atomic E-state index is 13.6. The fraction of sp³-hybridized carbons (Fsp3) is 0.190. The molecule has 31 heavy (non-hydrogen) atoms. The molecule has 0 atom stereocenters. The molecule has 0 aliphatic carbocycles. The van der Waals surface area contributed by atoms with Crippen molar-refractivity contribution in [2.24, 2.45) is 0 Å². The summed E-state index contributed by atoms with van der Waals surface area (Å²) in [6, 6.07) is 9.23. The SMILES string of the molecule is CCOc1cc(/C=C2\SC(=S)N(c3cccc(F)c3)C2=O)cc(I)c1OCC(=O)OC. The number of thioether (sulfide) groups is 1. The van der Waals surface area contributed by atoms with E-state index in [9.17, 15) is 14.0 Å². The molecule has 6 nitrogen and oxygen atoms in total. The normalized spacial score (nSPS) is 14.8. The van der Waals surface area contributed by atoms with Gasteiger partial charge < -0.3 is 14.2 Å². The molecule has 0 saturated carbocycles. The number of nitrogens with zero attached hydrogens (tertiary/aromatic N) is 1. The number of halogens is 2. The molecule has 3 rings (SSSR count). The number of ether oxygens (including phenoxy) is 3. The summed E-state index contributed by atoms with van der Waals surface area (Å²) in [6.07, 6.45) is 1.69. The van der Waals surface area contributed by atoms with Gasteiger partial charge in [0.1, 0.15) is 5.82 Å². The summed E-state index contributed by atoms with van der Waals surface area (Å²) in [6.45, 7) is 1.96. The molecule has 1 aliphatic rings. The first-order chi connectivity index (χ1) is 14.8. The number of hydrogen-bond donors (Lipinski definition) is 0. The van der Waals surface area contributed by atoms with Crippen molar-refractivity contribution in [3.8, 4) is 11.5 Å². The molecule has 1 fully saturated rings. The summed E-state index contributed by atoms with van der Waals surface area (Å²) < 4.78 is 30.4. The summed E-state index contributed by atoms with van der Waals surface area (Å²) >= 11 is 8.54. The van der Waals surface area contributed by atoms with Crippen molar-refractivity contribution in [1.82, 2.24) is 0 Å². The van der Waals surface area contributed by atoms with Crippen LogP contribution in [0.2, 0.25) is 0 Å². The predicted molar refractivity (Wildman–Crippen MR) is 130 cm³/mol. The molecular formula is C21H17FINO5S2. The lowest BCUT2D eigenvalue weighted by atomic mass is 10.1. The second-order valence-corrected chi connectivity index (χ2v) is 8.96. The van der Waals surface area contributed by atoms with Crippen LogP contribution in [-0.4, -0.2) is 36.5 Å². The Morgan fingerprint density at radius 2 is 2.06 bits per heavy atom. The third kappa shape index (κ3) is 5.55. The first-order valence-corrected chi connectivity index (χ1v) is 11.3. The van der Waals surface area contributed by atoms with Gasteiger partial charge in [-0.3, -0.25) is 9.69 Å². The smallest absolute Gasteiger partial charge is 0.343 e. The van der Waals surface area contributed by atoms with Crippen molar-refractivity contribution in [2.75, 3.05) is 25.2 Å². The number of carbonyl (C=O) groups excluding carboxylic acids is 2. The van der Waals surface area contributed by atoms with E-state index in [1.165, 1.54) is 30.2 Å². The van der Waals surface area contributed by atoms with Crippen LogP contribution in [0.1, 0.15) is 12.5 Å². The number of amides is 1. The standard InChI is InChI=1S/C21H17FINO5S2/c1-3-28-16-8-12(7-15(23)19(16)29-11-18(25)27-2)9-17-20(26)24(21(30)31-17)14-6-4-5-13(22)10-14/h4-10H,3,11H2,1-2H3/b17-9-. The number of rotatable bonds is 7. The highest BCUT2D eigenvalue weighted by Crippen LogP contribution is 2.39. The minimum atomic E-state index is -0.511. The van der Waals surface area contributed by atoms with Crippen molar-refractivity contribution in [3.05, 3.63) is 56.3 Å². The second kappa shape index (κ2) is 10.4. The Balaban J connectivity index is 1.91. The summed E-state index contributed by atoms with van der Waals surface area (Å²) in [7, 11) is 1.28. The fourth-order valence-corrected chi connectivity index (χ4v) is 4.80. The number of thiocarbonyl (C=S) groups is 1. The van der Waals surface area contributed by atoms with E-state index in [0.717, 1.165) is 11.8 Å². The molecule has 1 heterocycles. The Labute approximate surface area is 201 Å². The summed E-state index contributed by atoms with van der Waals surface area (Å²) in [5, 5.41) is 0. The Kier molecular flexibility index (Phi) is 7.89. The Bertz CT molecular complexity index is 1080. The monoisotopic (exact) mass is 573 g/mol. The third-order valence-corrected chi connectivity index (χ3v) is 6.16. The van der Waals surface area contributed by atoms with Gasteiger partial charge in [-0.05, 0) is 71.5 Å². The molecule has 0 spiro atoms. The van der Waals surface area contributed by atoms with Crippen molar-refractivity contribution >= 4 is 74.5 Å². The number of anilines is 1. The van der Waals surface area contributed by atoms with Crippen LogP contribution in [0.15, 0.2) is 41.3 Å². The second-order valence-electron chi connectivity index (χ2n) is 6.12. The first kappa shape index (κ1) is 23.5. The first-order valence-electron chi connectivity index (χ1n) is 9.03. The van der Waals surface area contributed by atoms with Crippen LogP contribution in [-0.2, 0) is 14.3 Å². The average Bonchev–Trinajstić information content (AvgIpc) is 3.00. The number of carbonyl (C=O) groups is 2. The lowest BCUT2D eigenvalue weighted by molar-refractivity contribution is -0.142. The van der Waals surface area contributed by atoms with Crippen LogP contribution in [0.25, 0.3) is 6.08 Å². The van der Waals surface area contributed by atoms with Gasteiger partial charge in [0.25, 0.3) is 5.91 Å². The highest BCUT2D eigenvalue weighted by molar-refractivity contribution is 14.1. The molecule has 0 radical (unpaired) electrons. The van der Waals surface area contributed by atoms with Crippen molar-refractivity contribution in [3.63, 3.8) is 0 Å². The lowest BCUT2D eigenvalue weighted by Crippen LogP contribution is -2.27. The van der Waals surface area contributed by atoms with Gasteiger partial charge in [0.05, 0.1) is 27.9 Å². The molecule has 10 heteroatoms. The van der Waals surface area contributed by atoms with Gasteiger partial charge in [-0.1, -0.05) is 30.0 Å². The molecule has 0 aromatic heterocycles. The maximum absolute atomic E-state index is 13.6. The predicted octanol–water partition coefficient (Wildman–Crippen LogP) is 4.79. The largest absolute Gasteiger partial charge is 0.490 e. The Hall–Kier alpha value is -2.18. The minimum absolute atomic E-state index is 0.252. The molecule has 0 N–H and O–H groups in total. The number of esters is 1. The highest BCUT2D eigenvalue weighted by atomic mass is 127. The Morgan fingerprint density at radius 1 is 1.29 bits per heavy atom. The molecule has 2 aromatic carbocycles. The third-order valence-electron chi connectivity index (χ3n) is 4.05. The van der Waals surface area contributed by atoms with E-state index in [-0.39, 0.29) is 12.5 Å². The van der Waals surface area contributed by atoms with Crippen molar-refractivity contribution in [1.29, 1.82) is 0 Å². The zero-order valence-corrected chi connectivity index (χ0v) is 20.3. The van der Waals surface area contributed by atoms with Crippen LogP contribution in [0, 0.1) is 9.39 Å². The van der Waals surface area contributed by atoms with E-state index in [1.54, 1.807) is 24.3 Å². The summed E-state index contributed by atoms with van der Waals surface area (Å²) in [5.41, 5.74) is 1.07. The van der Waals surface area contributed by atoms with Gasteiger partial charge in [-0.2, -0.15) is 0 Å². The van der Waals surface area contributed by atoms with Gasteiger partial charge in [-0.25, -0.2) is 9.18 Å². The van der Waals surface area contributed by atoms with E-state index < -0.39 is 11.8 Å². The van der Waals surface area contributed by atoms with Gasteiger partial charge in [-0.15, -0.1) is 0 Å². The van der Waals surface area contributed by atoms with E-state index in [1.807, 2.05) is 6.92 Å². The fourth-order valence-electron chi connectivity index (χ4n) is 2.72. The van der Waals surface area contributed by atoms with E-state index in [0.29, 0.717) is 42.2 Å². The van der Waals surface area contributed by atoms with Gasteiger partial charge in [0, 0.05) is 0 Å². The van der Waals surface area contributed by atoms with Crippen LogP contribution < -0.4 is 14.4 Å². The van der Waals surface area contributed by atoms with Crippen LogP contribution in [0.3, 0.4) is 0 Å². The number of benzene rings is 2. The van der Waals surface area contributed by atoms with Crippen LogP contribution >= 0.6 is 46.6 Å². The molecule has 2 aromatic rings. The zero-order valence-electron chi connectivity index (χ0n) is 16.5. The van der Waals surface area contributed by atoms with Gasteiger partial charge in [0.2, 0.25) is 0 Å².